The van der Waals surface area contributed by atoms with Crippen LogP contribution in [0.1, 0.15) is 40.9 Å². The van der Waals surface area contributed by atoms with E-state index in [1.54, 1.807) is 23.9 Å². The average Bonchev–Trinajstić information content (AvgIpc) is 3.06. The number of nitrogens with zero attached hydrogens (tertiary/aromatic N) is 3. The fraction of sp³-hybridized carbons (Fsp3) is 0.333. The van der Waals surface area contributed by atoms with E-state index in [9.17, 15) is 9.59 Å². The lowest BCUT2D eigenvalue weighted by molar-refractivity contribution is -0.116. The van der Waals surface area contributed by atoms with Crippen LogP contribution in [0.15, 0.2) is 22.7 Å². The molecule has 3 aromatic rings. The SMILES string of the molecule is CC(=O)c1cc(CCC(=O)Nc2cnc3c(c2)c(C)nn3C)oc1C. The normalized spacial score (nSPS) is 11.0. The topological polar surface area (TPSA) is 90.0 Å². The standard InChI is InChI=1S/C18H20N4O3/c1-10-15-7-13(9-19-18(15)22(4)21-10)20-17(24)6-5-14-8-16(11(2)23)12(3)25-14/h7-9H,5-6H2,1-4H3,(H,20,24). The zero-order valence-corrected chi connectivity index (χ0v) is 14.7. The van der Waals surface area contributed by atoms with E-state index in [1.165, 1.54) is 6.92 Å². The van der Waals surface area contributed by atoms with Crippen LogP contribution in [-0.2, 0) is 18.3 Å². The number of carbonyl (C=O) groups excluding carboxylic acids is 2. The molecule has 0 atom stereocenters. The minimum atomic E-state index is -0.138. The molecular formula is C18H20N4O3. The summed E-state index contributed by atoms with van der Waals surface area (Å²) >= 11 is 0. The number of amides is 1. The second kappa shape index (κ2) is 6.51. The van der Waals surface area contributed by atoms with Crippen molar-refractivity contribution in [3.63, 3.8) is 0 Å². The van der Waals surface area contributed by atoms with Gasteiger partial charge in [-0.05, 0) is 32.9 Å². The number of fused-ring (bicyclic) bond motifs is 1. The van der Waals surface area contributed by atoms with E-state index in [0.717, 1.165) is 16.7 Å². The van der Waals surface area contributed by atoms with Gasteiger partial charge in [0, 0.05) is 25.3 Å². The van der Waals surface area contributed by atoms with Crippen LogP contribution >= 0.6 is 0 Å². The molecular weight excluding hydrogens is 320 g/mol. The largest absolute Gasteiger partial charge is 0.466 e. The highest BCUT2D eigenvalue weighted by Gasteiger charge is 2.13. The van der Waals surface area contributed by atoms with Gasteiger partial charge < -0.3 is 9.73 Å². The van der Waals surface area contributed by atoms with Gasteiger partial charge in [0.2, 0.25) is 5.91 Å². The Bertz CT molecular complexity index is 968. The number of anilines is 1. The third-order valence-electron chi connectivity index (χ3n) is 4.09. The van der Waals surface area contributed by atoms with Crippen molar-refractivity contribution in [1.29, 1.82) is 0 Å². The second-order valence-corrected chi connectivity index (χ2v) is 6.09. The number of hydrogen-bond donors (Lipinski definition) is 1. The highest BCUT2D eigenvalue weighted by atomic mass is 16.3. The molecule has 3 heterocycles. The van der Waals surface area contributed by atoms with Gasteiger partial charge in [-0.1, -0.05) is 0 Å². The van der Waals surface area contributed by atoms with Gasteiger partial charge in [0.15, 0.2) is 11.4 Å². The van der Waals surface area contributed by atoms with Gasteiger partial charge in [0.25, 0.3) is 0 Å². The molecule has 1 amide bonds. The molecule has 0 unspecified atom stereocenters. The molecule has 0 bridgehead atoms. The Balaban J connectivity index is 1.65. The van der Waals surface area contributed by atoms with Gasteiger partial charge >= 0.3 is 0 Å². The van der Waals surface area contributed by atoms with Crippen LogP contribution in [0.5, 0.6) is 0 Å². The van der Waals surface area contributed by atoms with Crippen LogP contribution < -0.4 is 5.32 Å². The van der Waals surface area contributed by atoms with E-state index >= 15 is 0 Å². The Hall–Kier alpha value is -2.96. The number of aryl methyl sites for hydroxylation is 4. The summed E-state index contributed by atoms with van der Waals surface area (Å²) < 4.78 is 7.24. The maximum absolute atomic E-state index is 12.2. The Kier molecular flexibility index (Phi) is 4.39. The summed E-state index contributed by atoms with van der Waals surface area (Å²) in [4.78, 5) is 27.9. The van der Waals surface area contributed by atoms with Crippen LogP contribution in [0, 0.1) is 13.8 Å². The fourth-order valence-electron chi connectivity index (χ4n) is 2.85. The van der Waals surface area contributed by atoms with Crippen molar-refractivity contribution in [2.24, 2.45) is 7.05 Å². The first kappa shape index (κ1) is 16.9. The minimum absolute atomic E-state index is 0.0387. The molecule has 1 N–H and O–H groups in total. The summed E-state index contributed by atoms with van der Waals surface area (Å²) in [7, 11) is 1.83. The predicted molar refractivity (Wildman–Crippen MR) is 93.6 cm³/mol. The van der Waals surface area contributed by atoms with E-state index in [0.29, 0.717) is 29.2 Å². The molecule has 0 aromatic carbocycles. The first-order chi connectivity index (χ1) is 11.8. The third-order valence-corrected chi connectivity index (χ3v) is 4.09. The number of carbonyl (C=O) groups is 2. The Morgan fingerprint density at radius 2 is 2.04 bits per heavy atom. The minimum Gasteiger partial charge on any atom is -0.466 e. The van der Waals surface area contributed by atoms with E-state index in [4.69, 9.17) is 4.42 Å². The van der Waals surface area contributed by atoms with Crippen LogP contribution in [0.25, 0.3) is 11.0 Å². The lowest BCUT2D eigenvalue weighted by atomic mass is 10.1. The van der Waals surface area contributed by atoms with E-state index in [-0.39, 0.29) is 18.1 Å². The summed E-state index contributed by atoms with van der Waals surface area (Å²) in [6, 6.07) is 3.57. The summed E-state index contributed by atoms with van der Waals surface area (Å²) in [5, 5.41) is 8.06. The fourth-order valence-corrected chi connectivity index (χ4v) is 2.85. The number of hydrogen-bond acceptors (Lipinski definition) is 5. The monoisotopic (exact) mass is 340 g/mol. The van der Waals surface area contributed by atoms with Gasteiger partial charge in [-0.15, -0.1) is 0 Å². The third kappa shape index (κ3) is 3.45. The van der Waals surface area contributed by atoms with E-state index < -0.39 is 0 Å². The maximum atomic E-state index is 12.2. The van der Waals surface area contributed by atoms with Crippen molar-refractivity contribution in [2.75, 3.05) is 5.32 Å². The second-order valence-electron chi connectivity index (χ2n) is 6.09. The zero-order chi connectivity index (χ0) is 18.1. The van der Waals surface area contributed by atoms with Crippen LogP contribution in [-0.4, -0.2) is 26.5 Å². The number of furan rings is 1. The van der Waals surface area contributed by atoms with Gasteiger partial charge in [-0.3, -0.25) is 14.3 Å². The Labute approximate surface area is 145 Å². The van der Waals surface area contributed by atoms with Crippen molar-refractivity contribution in [3.8, 4) is 0 Å². The van der Waals surface area contributed by atoms with Crippen molar-refractivity contribution < 1.29 is 14.0 Å². The lowest BCUT2D eigenvalue weighted by Crippen LogP contribution is -2.12. The van der Waals surface area contributed by atoms with Crippen molar-refractivity contribution >= 4 is 28.4 Å². The van der Waals surface area contributed by atoms with Gasteiger partial charge in [-0.25, -0.2) is 4.98 Å². The Morgan fingerprint density at radius 3 is 2.72 bits per heavy atom. The van der Waals surface area contributed by atoms with E-state index in [1.807, 2.05) is 20.0 Å². The summed E-state index contributed by atoms with van der Waals surface area (Å²) in [5.41, 5.74) is 2.84. The van der Waals surface area contributed by atoms with E-state index in [2.05, 4.69) is 15.4 Å². The quantitative estimate of drug-likeness (QED) is 0.721. The molecule has 0 radical (unpaired) electrons. The number of Topliss-reactive ketones (excluding diaryl/α,β-unsaturated/α-hetero) is 1. The number of aromatic nitrogens is 3. The van der Waals surface area contributed by atoms with Crippen LogP contribution in [0.2, 0.25) is 0 Å². The highest BCUT2D eigenvalue weighted by molar-refractivity contribution is 5.95. The smallest absolute Gasteiger partial charge is 0.224 e. The molecule has 0 aliphatic heterocycles. The molecule has 25 heavy (non-hydrogen) atoms. The van der Waals surface area contributed by atoms with Gasteiger partial charge in [-0.2, -0.15) is 5.10 Å². The lowest BCUT2D eigenvalue weighted by Gasteiger charge is -2.04. The number of nitrogens with one attached hydrogen (secondary N) is 1. The molecule has 0 aliphatic rings. The van der Waals surface area contributed by atoms with Crippen LogP contribution in [0.3, 0.4) is 0 Å². The number of rotatable bonds is 5. The molecule has 0 aliphatic carbocycles. The molecule has 7 heteroatoms. The molecule has 3 aromatic heterocycles. The summed E-state index contributed by atoms with van der Waals surface area (Å²) in [5.74, 6) is 1.04. The molecule has 7 nitrogen and oxygen atoms in total. The highest BCUT2D eigenvalue weighted by Crippen LogP contribution is 2.20. The first-order valence-corrected chi connectivity index (χ1v) is 8.04. The molecule has 0 saturated heterocycles. The summed E-state index contributed by atoms with van der Waals surface area (Å²) in [6.45, 7) is 5.15. The average molecular weight is 340 g/mol. The molecule has 3 rings (SSSR count). The predicted octanol–water partition coefficient (Wildman–Crippen LogP) is 2.95. The zero-order valence-electron chi connectivity index (χ0n) is 14.7. The molecule has 130 valence electrons. The van der Waals surface area contributed by atoms with Crippen molar-refractivity contribution in [3.05, 3.63) is 41.1 Å². The molecule has 0 saturated carbocycles. The van der Waals surface area contributed by atoms with Gasteiger partial charge in [0.05, 0.1) is 23.1 Å². The number of ketones is 1. The number of pyridine rings is 1. The van der Waals surface area contributed by atoms with Gasteiger partial charge in [0.1, 0.15) is 11.5 Å². The van der Waals surface area contributed by atoms with Crippen molar-refractivity contribution in [2.45, 2.75) is 33.6 Å². The first-order valence-electron chi connectivity index (χ1n) is 8.04. The molecule has 0 spiro atoms. The summed E-state index contributed by atoms with van der Waals surface area (Å²) in [6.07, 6.45) is 2.31. The molecule has 0 fully saturated rings. The maximum Gasteiger partial charge on any atom is 0.224 e. The van der Waals surface area contributed by atoms with Crippen LogP contribution in [0.4, 0.5) is 5.69 Å². The Morgan fingerprint density at radius 1 is 1.28 bits per heavy atom. The van der Waals surface area contributed by atoms with Crippen molar-refractivity contribution in [1.82, 2.24) is 14.8 Å².